The monoisotopic (exact) mass is 370 g/mol. The van der Waals surface area contributed by atoms with Crippen LogP contribution in [0.1, 0.15) is 37.8 Å². The number of hydrogen-bond donors (Lipinski definition) is 1. The van der Waals surface area contributed by atoms with E-state index < -0.39 is 0 Å². The van der Waals surface area contributed by atoms with Crippen LogP contribution < -0.4 is 5.32 Å². The number of urea groups is 1. The zero-order chi connectivity index (χ0) is 18.9. The molecule has 7 heteroatoms. The van der Waals surface area contributed by atoms with E-state index in [0.29, 0.717) is 26.2 Å². The van der Waals surface area contributed by atoms with E-state index in [9.17, 15) is 4.79 Å². The molecule has 1 N–H and O–H groups in total. The van der Waals surface area contributed by atoms with Crippen LogP contribution in [-0.2, 0) is 6.54 Å². The van der Waals surface area contributed by atoms with E-state index >= 15 is 0 Å². The lowest BCUT2D eigenvalue weighted by Crippen LogP contribution is -2.46. The van der Waals surface area contributed by atoms with E-state index in [1.165, 1.54) is 24.8 Å². The number of pyridine rings is 1. The maximum absolute atomic E-state index is 12.7. The van der Waals surface area contributed by atoms with Crippen LogP contribution in [-0.4, -0.2) is 63.3 Å². The van der Waals surface area contributed by atoms with Crippen molar-refractivity contribution in [2.45, 2.75) is 38.8 Å². The molecule has 0 saturated carbocycles. The van der Waals surface area contributed by atoms with Gasteiger partial charge in [0.2, 0.25) is 0 Å². The number of hydrogen-bond acceptors (Lipinski definition) is 4. The summed E-state index contributed by atoms with van der Waals surface area (Å²) in [6.45, 7) is 6.78. The van der Waals surface area contributed by atoms with Crippen molar-refractivity contribution in [2.75, 3.05) is 32.7 Å². The third kappa shape index (κ3) is 5.53. The Labute approximate surface area is 161 Å². The molecule has 2 aromatic heterocycles. The molecule has 3 heterocycles. The van der Waals surface area contributed by atoms with Crippen LogP contribution in [0.25, 0.3) is 0 Å². The van der Waals surface area contributed by atoms with Crippen molar-refractivity contribution in [3.63, 3.8) is 0 Å². The Morgan fingerprint density at radius 2 is 2.11 bits per heavy atom. The van der Waals surface area contributed by atoms with Gasteiger partial charge in [0, 0.05) is 44.4 Å². The maximum Gasteiger partial charge on any atom is 0.317 e. The van der Waals surface area contributed by atoms with Crippen LogP contribution in [0.4, 0.5) is 4.79 Å². The molecule has 1 saturated heterocycles. The van der Waals surface area contributed by atoms with Crippen LogP contribution in [0, 0.1) is 0 Å². The highest BCUT2D eigenvalue weighted by Crippen LogP contribution is 2.23. The lowest BCUT2D eigenvalue weighted by Gasteiger charge is -2.35. The molecular formula is C20H30N6O. The second-order valence-electron chi connectivity index (χ2n) is 6.93. The van der Waals surface area contributed by atoms with E-state index in [-0.39, 0.29) is 12.1 Å². The predicted octanol–water partition coefficient (Wildman–Crippen LogP) is 2.54. The average molecular weight is 371 g/mol. The third-order valence-corrected chi connectivity index (χ3v) is 5.17. The number of nitrogens with zero attached hydrogens (tertiary/aromatic N) is 5. The summed E-state index contributed by atoms with van der Waals surface area (Å²) in [6, 6.07) is 6.13. The minimum absolute atomic E-state index is 0.0180. The van der Waals surface area contributed by atoms with E-state index in [2.05, 4.69) is 26.4 Å². The number of amides is 2. The van der Waals surface area contributed by atoms with Gasteiger partial charge < -0.3 is 10.2 Å². The van der Waals surface area contributed by atoms with Gasteiger partial charge in [0.05, 0.1) is 12.6 Å². The van der Waals surface area contributed by atoms with E-state index in [1.807, 2.05) is 41.0 Å². The summed E-state index contributed by atoms with van der Waals surface area (Å²) in [6.07, 6.45) is 11.1. The van der Waals surface area contributed by atoms with Crippen molar-refractivity contribution in [1.29, 1.82) is 0 Å². The standard InChI is InChI=1S/C20H30N6O/c1-2-24(14-15-26-13-7-10-23-26)20(27)22-17-19(18-8-6-9-21-16-18)25-11-4-3-5-12-25/h6-10,13,16,19H,2-5,11-12,14-15,17H2,1H3,(H,22,27)/t19-/m0/s1. The topological polar surface area (TPSA) is 66.3 Å². The number of aromatic nitrogens is 3. The van der Waals surface area contributed by atoms with Gasteiger partial charge in [-0.25, -0.2) is 4.79 Å². The molecule has 3 rings (SSSR count). The summed E-state index contributed by atoms with van der Waals surface area (Å²) < 4.78 is 1.85. The van der Waals surface area contributed by atoms with Crippen molar-refractivity contribution in [3.05, 3.63) is 48.5 Å². The zero-order valence-electron chi connectivity index (χ0n) is 16.1. The first-order chi connectivity index (χ1) is 13.3. The zero-order valence-corrected chi connectivity index (χ0v) is 16.1. The first kappa shape index (κ1) is 19.4. The minimum atomic E-state index is -0.0180. The Balaban J connectivity index is 1.58. The molecule has 27 heavy (non-hydrogen) atoms. The largest absolute Gasteiger partial charge is 0.336 e. The molecule has 0 aliphatic carbocycles. The van der Waals surface area contributed by atoms with Crippen LogP contribution in [0.3, 0.4) is 0 Å². The van der Waals surface area contributed by atoms with Crippen molar-refractivity contribution in [3.8, 4) is 0 Å². The fourth-order valence-corrected chi connectivity index (χ4v) is 3.62. The third-order valence-electron chi connectivity index (χ3n) is 5.17. The normalized spacial score (nSPS) is 16.0. The first-order valence-electron chi connectivity index (χ1n) is 9.92. The van der Waals surface area contributed by atoms with E-state index in [1.54, 1.807) is 12.4 Å². The Hall–Kier alpha value is -2.41. The van der Waals surface area contributed by atoms with Gasteiger partial charge in [-0.05, 0) is 50.6 Å². The van der Waals surface area contributed by atoms with Crippen LogP contribution in [0.2, 0.25) is 0 Å². The minimum Gasteiger partial charge on any atom is -0.336 e. The number of likely N-dealkylation sites (N-methyl/N-ethyl adjacent to an activating group) is 1. The SMILES string of the molecule is CCN(CCn1cccn1)C(=O)NC[C@@H](c1cccnc1)N1CCCCC1. The summed E-state index contributed by atoms with van der Waals surface area (Å²) in [5.41, 5.74) is 1.17. The van der Waals surface area contributed by atoms with E-state index in [0.717, 1.165) is 13.1 Å². The Bertz CT molecular complexity index is 669. The van der Waals surface area contributed by atoms with Gasteiger partial charge in [0.25, 0.3) is 0 Å². The number of nitrogens with one attached hydrogen (secondary N) is 1. The van der Waals surface area contributed by atoms with Gasteiger partial charge >= 0.3 is 6.03 Å². The fraction of sp³-hybridized carbons (Fsp3) is 0.550. The van der Waals surface area contributed by atoms with Crippen molar-refractivity contribution < 1.29 is 4.79 Å². The second-order valence-corrected chi connectivity index (χ2v) is 6.93. The van der Waals surface area contributed by atoms with Gasteiger partial charge in [0.15, 0.2) is 0 Å². The van der Waals surface area contributed by atoms with Crippen molar-refractivity contribution in [2.24, 2.45) is 0 Å². The van der Waals surface area contributed by atoms with Crippen LogP contribution >= 0.6 is 0 Å². The maximum atomic E-state index is 12.7. The van der Waals surface area contributed by atoms with Crippen LogP contribution in [0.15, 0.2) is 43.0 Å². The molecule has 0 aromatic carbocycles. The highest BCUT2D eigenvalue weighted by Gasteiger charge is 2.23. The fourth-order valence-electron chi connectivity index (χ4n) is 3.62. The molecule has 1 fully saturated rings. The molecule has 146 valence electrons. The number of piperidine rings is 1. The summed E-state index contributed by atoms with van der Waals surface area (Å²) in [7, 11) is 0. The quantitative estimate of drug-likeness (QED) is 0.775. The number of carbonyl (C=O) groups is 1. The van der Waals surface area contributed by atoms with Gasteiger partial charge in [-0.1, -0.05) is 12.5 Å². The molecule has 0 spiro atoms. The molecule has 2 amide bonds. The first-order valence-corrected chi connectivity index (χ1v) is 9.92. The molecule has 1 aliphatic rings. The summed E-state index contributed by atoms with van der Waals surface area (Å²) in [5, 5.41) is 7.35. The highest BCUT2D eigenvalue weighted by atomic mass is 16.2. The van der Waals surface area contributed by atoms with Gasteiger partial charge in [-0.3, -0.25) is 14.6 Å². The predicted molar refractivity (Wildman–Crippen MR) is 105 cm³/mol. The Kier molecular flexibility index (Phi) is 7.21. The van der Waals surface area contributed by atoms with Gasteiger partial charge in [-0.2, -0.15) is 5.10 Å². The van der Waals surface area contributed by atoms with Gasteiger partial charge in [0.1, 0.15) is 0 Å². The summed E-state index contributed by atoms with van der Waals surface area (Å²) >= 11 is 0. The molecule has 7 nitrogen and oxygen atoms in total. The van der Waals surface area contributed by atoms with Crippen LogP contribution in [0.5, 0.6) is 0 Å². The number of rotatable bonds is 8. The number of likely N-dealkylation sites (tertiary alicyclic amines) is 1. The average Bonchev–Trinajstić information content (AvgIpc) is 3.24. The molecule has 2 aromatic rings. The van der Waals surface area contributed by atoms with Gasteiger partial charge in [-0.15, -0.1) is 0 Å². The summed E-state index contributed by atoms with van der Waals surface area (Å²) in [4.78, 5) is 21.3. The Morgan fingerprint density at radius 1 is 1.26 bits per heavy atom. The summed E-state index contributed by atoms with van der Waals surface area (Å²) in [5.74, 6) is 0. The lowest BCUT2D eigenvalue weighted by atomic mass is 10.0. The molecule has 1 aliphatic heterocycles. The highest BCUT2D eigenvalue weighted by molar-refractivity contribution is 5.74. The molecule has 0 radical (unpaired) electrons. The van der Waals surface area contributed by atoms with E-state index in [4.69, 9.17) is 0 Å². The molecule has 0 bridgehead atoms. The molecule has 0 unspecified atom stereocenters. The molecule has 1 atom stereocenters. The molecular weight excluding hydrogens is 340 g/mol. The second kappa shape index (κ2) is 10.1. The Morgan fingerprint density at radius 3 is 2.78 bits per heavy atom. The number of carbonyl (C=O) groups excluding carboxylic acids is 1. The lowest BCUT2D eigenvalue weighted by molar-refractivity contribution is 0.154. The van der Waals surface area contributed by atoms with Crippen molar-refractivity contribution >= 4 is 6.03 Å². The van der Waals surface area contributed by atoms with Crippen molar-refractivity contribution in [1.82, 2.24) is 29.9 Å². The smallest absolute Gasteiger partial charge is 0.317 e.